The van der Waals surface area contributed by atoms with E-state index in [4.69, 9.17) is 5.26 Å². The minimum Gasteiger partial charge on any atom is -0.306 e. The summed E-state index contributed by atoms with van der Waals surface area (Å²) in [7, 11) is 0. The molecule has 0 aliphatic heterocycles. The number of hydrogen-bond acceptors (Lipinski definition) is 2. The van der Waals surface area contributed by atoms with Gasteiger partial charge in [-0.2, -0.15) is 5.26 Å². The zero-order chi connectivity index (χ0) is 12.3. The van der Waals surface area contributed by atoms with Gasteiger partial charge in [0.1, 0.15) is 5.82 Å². The Balaban J connectivity index is 2.02. The van der Waals surface area contributed by atoms with Crippen LogP contribution in [0.1, 0.15) is 37.8 Å². The number of nitrogens with zero attached hydrogens (tertiary/aromatic N) is 1. The topological polar surface area (TPSA) is 35.8 Å². The van der Waals surface area contributed by atoms with Crippen LogP contribution in [0.3, 0.4) is 0 Å². The molecule has 1 aromatic carbocycles. The summed E-state index contributed by atoms with van der Waals surface area (Å²) in [6.45, 7) is 2.02. The predicted octanol–water partition coefficient (Wildman–Crippen LogP) is 3.17. The van der Waals surface area contributed by atoms with Crippen LogP contribution in [0.4, 0.5) is 4.39 Å². The molecule has 1 fully saturated rings. The average Bonchev–Trinajstić information content (AvgIpc) is 2.76. The van der Waals surface area contributed by atoms with Crippen LogP contribution in [0, 0.1) is 23.1 Å². The first kappa shape index (κ1) is 12.1. The van der Waals surface area contributed by atoms with Crippen molar-refractivity contribution in [2.75, 3.05) is 0 Å². The highest BCUT2D eigenvalue weighted by Gasteiger charge is 2.28. The summed E-state index contributed by atoms with van der Waals surface area (Å²) >= 11 is 0. The van der Waals surface area contributed by atoms with E-state index in [1.54, 1.807) is 12.1 Å². The number of nitrogens with one attached hydrogen (secondary N) is 1. The molecule has 0 saturated heterocycles. The normalized spacial score (nSPS) is 25.5. The molecule has 90 valence electrons. The second-order valence-electron chi connectivity index (χ2n) is 4.72. The minimum atomic E-state index is -0.209. The van der Waals surface area contributed by atoms with E-state index < -0.39 is 0 Å². The largest absolute Gasteiger partial charge is 0.306 e. The summed E-state index contributed by atoms with van der Waals surface area (Å²) in [5.41, 5.74) is 0.939. The third kappa shape index (κ3) is 2.83. The molecule has 0 aromatic heterocycles. The third-order valence-electron chi connectivity index (χ3n) is 3.49. The quantitative estimate of drug-likeness (QED) is 0.868. The zero-order valence-electron chi connectivity index (χ0n) is 9.99. The zero-order valence-corrected chi connectivity index (χ0v) is 9.99. The standard InChI is InChI=1S/C14H17FN2/c1-10(11-4-2-6-13(15)8-11)17-14-7-3-5-12(14)9-16/h2,4,6,8,10,12,14,17H,3,5,7H2,1H3/t10-,12?,14?/m0/s1. The lowest BCUT2D eigenvalue weighted by molar-refractivity contribution is 0.416. The second kappa shape index (κ2) is 5.29. The summed E-state index contributed by atoms with van der Waals surface area (Å²) in [5.74, 6) is -0.106. The van der Waals surface area contributed by atoms with Crippen molar-refractivity contribution in [1.82, 2.24) is 5.32 Å². The molecule has 2 unspecified atom stereocenters. The van der Waals surface area contributed by atoms with Crippen LogP contribution in [0.5, 0.6) is 0 Å². The highest BCUT2D eigenvalue weighted by molar-refractivity contribution is 5.20. The van der Waals surface area contributed by atoms with Gasteiger partial charge >= 0.3 is 0 Å². The lowest BCUT2D eigenvalue weighted by Gasteiger charge is -2.21. The Labute approximate surface area is 101 Å². The summed E-state index contributed by atoms with van der Waals surface area (Å²) in [6, 6.07) is 9.31. The fourth-order valence-corrected chi connectivity index (χ4v) is 2.51. The van der Waals surface area contributed by atoms with Crippen molar-refractivity contribution in [2.45, 2.75) is 38.3 Å². The van der Waals surface area contributed by atoms with Crippen LogP contribution >= 0.6 is 0 Å². The van der Waals surface area contributed by atoms with Gasteiger partial charge in [-0.25, -0.2) is 4.39 Å². The minimum absolute atomic E-state index is 0.0876. The van der Waals surface area contributed by atoms with Crippen molar-refractivity contribution in [3.63, 3.8) is 0 Å². The SMILES string of the molecule is C[C@H](NC1CCCC1C#N)c1cccc(F)c1. The third-order valence-corrected chi connectivity index (χ3v) is 3.49. The Hall–Kier alpha value is -1.40. The Bertz CT molecular complexity index is 424. The fraction of sp³-hybridized carbons (Fsp3) is 0.500. The van der Waals surface area contributed by atoms with E-state index in [0.29, 0.717) is 0 Å². The molecule has 0 spiro atoms. The first-order valence-corrected chi connectivity index (χ1v) is 6.12. The number of nitriles is 1. The highest BCUT2D eigenvalue weighted by Crippen LogP contribution is 2.27. The van der Waals surface area contributed by atoms with Gasteiger partial charge in [-0.15, -0.1) is 0 Å². The van der Waals surface area contributed by atoms with Gasteiger partial charge < -0.3 is 5.32 Å². The van der Waals surface area contributed by atoms with E-state index in [-0.39, 0.29) is 23.8 Å². The van der Waals surface area contributed by atoms with E-state index in [0.717, 1.165) is 24.8 Å². The first-order valence-electron chi connectivity index (χ1n) is 6.12. The van der Waals surface area contributed by atoms with Crippen LogP contribution in [0.15, 0.2) is 24.3 Å². The molecule has 1 aliphatic carbocycles. The molecule has 0 bridgehead atoms. The van der Waals surface area contributed by atoms with Crippen molar-refractivity contribution in [2.24, 2.45) is 5.92 Å². The average molecular weight is 232 g/mol. The maximum Gasteiger partial charge on any atom is 0.123 e. The molecule has 3 atom stereocenters. The Morgan fingerprint density at radius 2 is 2.29 bits per heavy atom. The summed E-state index contributed by atoms with van der Waals surface area (Å²) < 4.78 is 13.1. The van der Waals surface area contributed by atoms with Gasteiger partial charge in [-0.1, -0.05) is 18.6 Å². The van der Waals surface area contributed by atoms with Gasteiger partial charge in [-0.05, 0) is 37.5 Å². The van der Waals surface area contributed by atoms with Gasteiger partial charge in [0.15, 0.2) is 0 Å². The van der Waals surface area contributed by atoms with Gasteiger partial charge in [0.25, 0.3) is 0 Å². The monoisotopic (exact) mass is 232 g/mol. The Morgan fingerprint density at radius 1 is 1.47 bits per heavy atom. The molecule has 1 aromatic rings. The molecule has 3 heteroatoms. The van der Waals surface area contributed by atoms with E-state index in [1.807, 2.05) is 13.0 Å². The molecule has 1 saturated carbocycles. The van der Waals surface area contributed by atoms with Gasteiger partial charge in [-0.3, -0.25) is 0 Å². The van der Waals surface area contributed by atoms with E-state index in [9.17, 15) is 4.39 Å². The summed E-state index contributed by atoms with van der Waals surface area (Å²) in [4.78, 5) is 0. The molecule has 1 aliphatic rings. The molecular formula is C14H17FN2. The lowest BCUT2D eigenvalue weighted by atomic mass is 10.0. The van der Waals surface area contributed by atoms with Crippen LogP contribution in [-0.4, -0.2) is 6.04 Å². The molecule has 0 amide bonds. The maximum atomic E-state index is 13.1. The maximum absolute atomic E-state index is 13.1. The van der Waals surface area contributed by atoms with Crippen LogP contribution in [0.25, 0.3) is 0 Å². The molecule has 17 heavy (non-hydrogen) atoms. The fourth-order valence-electron chi connectivity index (χ4n) is 2.51. The lowest BCUT2D eigenvalue weighted by Crippen LogP contribution is -2.33. The number of hydrogen-bond donors (Lipinski definition) is 1. The number of rotatable bonds is 3. The smallest absolute Gasteiger partial charge is 0.123 e. The molecular weight excluding hydrogens is 215 g/mol. The van der Waals surface area contributed by atoms with Crippen LogP contribution in [-0.2, 0) is 0 Å². The first-order chi connectivity index (χ1) is 8.20. The second-order valence-corrected chi connectivity index (χ2v) is 4.72. The van der Waals surface area contributed by atoms with E-state index in [1.165, 1.54) is 6.07 Å². The van der Waals surface area contributed by atoms with Crippen molar-refractivity contribution in [3.05, 3.63) is 35.6 Å². The molecule has 0 heterocycles. The van der Waals surface area contributed by atoms with Gasteiger partial charge in [0.05, 0.1) is 12.0 Å². The Kier molecular flexibility index (Phi) is 3.75. The van der Waals surface area contributed by atoms with E-state index >= 15 is 0 Å². The molecule has 1 N–H and O–H groups in total. The predicted molar refractivity (Wildman–Crippen MR) is 64.7 cm³/mol. The highest BCUT2D eigenvalue weighted by atomic mass is 19.1. The van der Waals surface area contributed by atoms with Crippen molar-refractivity contribution < 1.29 is 4.39 Å². The number of halogens is 1. The molecule has 2 nitrogen and oxygen atoms in total. The van der Waals surface area contributed by atoms with Crippen molar-refractivity contribution in [3.8, 4) is 6.07 Å². The van der Waals surface area contributed by atoms with Gasteiger partial charge in [0, 0.05) is 12.1 Å². The summed E-state index contributed by atoms with van der Waals surface area (Å²) in [5, 5.41) is 12.4. The van der Waals surface area contributed by atoms with Crippen molar-refractivity contribution in [1.29, 1.82) is 5.26 Å². The van der Waals surface area contributed by atoms with Crippen LogP contribution in [0.2, 0.25) is 0 Å². The Morgan fingerprint density at radius 3 is 3.00 bits per heavy atom. The molecule has 0 radical (unpaired) electrons. The molecule has 2 rings (SSSR count). The summed E-state index contributed by atoms with van der Waals surface area (Å²) in [6.07, 6.45) is 3.12. The van der Waals surface area contributed by atoms with Crippen molar-refractivity contribution >= 4 is 0 Å². The van der Waals surface area contributed by atoms with E-state index in [2.05, 4.69) is 11.4 Å². The number of benzene rings is 1. The van der Waals surface area contributed by atoms with Gasteiger partial charge in [0.2, 0.25) is 0 Å². The van der Waals surface area contributed by atoms with Crippen LogP contribution < -0.4 is 5.32 Å².